The first kappa shape index (κ1) is 15.7. The van der Waals surface area contributed by atoms with Crippen molar-refractivity contribution in [3.05, 3.63) is 39.7 Å². The molecular weight excluding hydrogens is 342 g/mol. The molecule has 118 valence electrons. The van der Waals surface area contributed by atoms with E-state index in [4.69, 9.17) is 17.3 Å². The minimum Gasteiger partial charge on any atom is -0.383 e. The Morgan fingerprint density at radius 3 is 2.82 bits per heavy atom. The number of sulfonamides is 1. The molecule has 1 aliphatic heterocycles. The number of nitrogens with zero attached hydrogens (tertiary/aromatic N) is 2. The van der Waals surface area contributed by atoms with Crippen molar-refractivity contribution < 1.29 is 8.42 Å². The fraction of sp³-hybridized carbons (Fsp3) is 0.357. The average Bonchev–Trinajstić information content (AvgIpc) is 2.92. The molecule has 2 aromatic rings. The first-order valence-electron chi connectivity index (χ1n) is 6.70. The highest BCUT2D eigenvalue weighted by Gasteiger charge is 2.53. The van der Waals surface area contributed by atoms with Crippen LogP contribution in [0.15, 0.2) is 34.7 Å². The van der Waals surface area contributed by atoms with Gasteiger partial charge in [-0.15, -0.1) is 11.3 Å². The maximum atomic E-state index is 12.9. The molecule has 1 atom stereocenters. The van der Waals surface area contributed by atoms with Crippen molar-refractivity contribution in [2.24, 2.45) is 5.41 Å². The van der Waals surface area contributed by atoms with Gasteiger partial charge in [0.15, 0.2) is 0 Å². The summed E-state index contributed by atoms with van der Waals surface area (Å²) in [6.07, 6.45) is 1.34. The van der Waals surface area contributed by atoms with Crippen LogP contribution in [0.3, 0.4) is 0 Å². The molecule has 0 aliphatic carbocycles. The minimum absolute atomic E-state index is 0.0287. The highest BCUT2D eigenvalue weighted by molar-refractivity contribution is 7.89. The van der Waals surface area contributed by atoms with E-state index in [1.54, 1.807) is 11.3 Å². The van der Waals surface area contributed by atoms with Crippen LogP contribution in [-0.2, 0) is 10.0 Å². The summed E-state index contributed by atoms with van der Waals surface area (Å²) >= 11 is 7.43. The Bertz CT molecular complexity index is 804. The first-order chi connectivity index (χ1) is 10.2. The summed E-state index contributed by atoms with van der Waals surface area (Å²) in [6.45, 7) is 4.55. The Morgan fingerprint density at radius 1 is 1.50 bits per heavy atom. The van der Waals surface area contributed by atoms with Gasteiger partial charge >= 0.3 is 0 Å². The smallest absolute Gasteiger partial charge is 0.247 e. The van der Waals surface area contributed by atoms with Gasteiger partial charge in [0.1, 0.15) is 10.7 Å². The Labute approximate surface area is 138 Å². The van der Waals surface area contributed by atoms with Crippen molar-refractivity contribution in [3.8, 4) is 0 Å². The van der Waals surface area contributed by atoms with Crippen LogP contribution in [0.1, 0.15) is 24.8 Å². The van der Waals surface area contributed by atoms with Gasteiger partial charge in [0.25, 0.3) is 0 Å². The van der Waals surface area contributed by atoms with Crippen LogP contribution in [0, 0.1) is 5.41 Å². The summed E-state index contributed by atoms with van der Waals surface area (Å²) < 4.78 is 27.3. The van der Waals surface area contributed by atoms with Gasteiger partial charge in [-0.25, -0.2) is 13.4 Å². The Balaban J connectivity index is 2.05. The van der Waals surface area contributed by atoms with Gasteiger partial charge in [0, 0.05) is 23.0 Å². The van der Waals surface area contributed by atoms with Gasteiger partial charge in [0.2, 0.25) is 10.0 Å². The number of anilines is 1. The zero-order valence-electron chi connectivity index (χ0n) is 12.2. The van der Waals surface area contributed by atoms with E-state index in [2.05, 4.69) is 18.8 Å². The van der Waals surface area contributed by atoms with Gasteiger partial charge in [-0.3, -0.25) is 0 Å². The lowest BCUT2D eigenvalue weighted by atomic mass is 9.76. The number of halogens is 1. The van der Waals surface area contributed by atoms with E-state index in [1.807, 2.05) is 17.5 Å². The fourth-order valence-electron chi connectivity index (χ4n) is 2.82. The van der Waals surface area contributed by atoms with E-state index in [1.165, 1.54) is 16.6 Å². The van der Waals surface area contributed by atoms with Crippen molar-refractivity contribution >= 4 is 38.8 Å². The maximum Gasteiger partial charge on any atom is 0.247 e. The van der Waals surface area contributed by atoms with Crippen molar-refractivity contribution in [1.29, 1.82) is 0 Å². The average molecular weight is 358 g/mol. The molecule has 8 heteroatoms. The van der Waals surface area contributed by atoms with Crippen LogP contribution in [0.2, 0.25) is 5.02 Å². The molecule has 1 fully saturated rings. The highest BCUT2D eigenvalue weighted by atomic mass is 35.5. The van der Waals surface area contributed by atoms with Gasteiger partial charge in [-0.1, -0.05) is 31.5 Å². The molecule has 3 heterocycles. The second-order valence-electron chi connectivity index (χ2n) is 5.99. The molecule has 0 amide bonds. The van der Waals surface area contributed by atoms with Gasteiger partial charge in [-0.05, 0) is 17.5 Å². The lowest BCUT2D eigenvalue weighted by Gasteiger charge is -2.52. The zero-order chi connectivity index (χ0) is 16.1. The van der Waals surface area contributed by atoms with Gasteiger partial charge in [-0.2, -0.15) is 4.31 Å². The molecule has 0 radical (unpaired) electrons. The quantitative estimate of drug-likeness (QED) is 0.915. The lowest BCUT2D eigenvalue weighted by Crippen LogP contribution is -2.57. The molecule has 3 rings (SSSR count). The number of nitrogen functional groups attached to an aromatic ring is 1. The number of nitrogens with two attached hydrogens (primary N) is 1. The summed E-state index contributed by atoms with van der Waals surface area (Å²) in [5.41, 5.74) is 5.62. The Kier molecular flexibility index (Phi) is 3.71. The second kappa shape index (κ2) is 5.19. The van der Waals surface area contributed by atoms with Crippen LogP contribution in [0.5, 0.6) is 0 Å². The molecule has 22 heavy (non-hydrogen) atoms. The molecule has 1 aliphatic rings. The number of thiophene rings is 1. The Hall–Kier alpha value is -1.15. The molecule has 0 bridgehead atoms. The molecule has 1 saturated heterocycles. The van der Waals surface area contributed by atoms with Gasteiger partial charge in [0.05, 0.1) is 11.1 Å². The van der Waals surface area contributed by atoms with Crippen molar-refractivity contribution in [2.45, 2.75) is 24.8 Å². The molecular formula is C14H16ClN3O2S2. The largest absolute Gasteiger partial charge is 0.383 e. The third-order valence-electron chi connectivity index (χ3n) is 3.84. The molecule has 0 aromatic carbocycles. The van der Waals surface area contributed by atoms with E-state index in [0.717, 1.165) is 4.88 Å². The third-order valence-corrected chi connectivity index (χ3v) is 6.81. The van der Waals surface area contributed by atoms with E-state index in [0.29, 0.717) is 6.54 Å². The van der Waals surface area contributed by atoms with Crippen LogP contribution >= 0.6 is 22.9 Å². The first-order valence-corrected chi connectivity index (χ1v) is 9.39. The molecule has 2 N–H and O–H groups in total. The molecule has 2 aromatic heterocycles. The van der Waals surface area contributed by atoms with Crippen molar-refractivity contribution in [3.63, 3.8) is 0 Å². The van der Waals surface area contributed by atoms with E-state index in [-0.39, 0.29) is 27.2 Å². The molecule has 0 spiro atoms. The third kappa shape index (κ3) is 2.42. The number of hydrogen-bond acceptors (Lipinski definition) is 5. The summed E-state index contributed by atoms with van der Waals surface area (Å²) in [5, 5.41) is 2.20. The fourth-order valence-corrected chi connectivity index (χ4v) is 6.18. The molecule has 1 unspecified atom stereocenters. The SMILES string of the molecule is CC1(C)CN(S(=O)(=O)c2cc(Cl)cnc2N)C1c1cccs1. The minimum atomic E-state index is -3.73. The molecule has 5 nitrogen and oxygen atoms in total. The topological polar surface area (TPSA) is 76.3 Å². The van der Waals surface area contributed by atoms with E-state index in [9.17, 15) is 8.42 Å². The summed E-state index contributed by atoms with van der Waals surface area (Å²) in [6, 6.07) is 5.04. The van der Waals surface area contributed by atoms with E-state index < -0.39 is 10.0 Å². The van der Waals surface area contributed by atoms with Gasteiger partial charge < -0.3 is 5.73 Å². The maximum absolute atomic E-state index is 12.9. The number of hydrogen-bond donors (Lipinski definition) is 1. The van der Waals surface area contributed by atoms with Crippen molar-refractivity contribution in [2.75, 3.05) is 12.3 Å². The predicted octanol–water partition coefficient (Wildman–Crippen LogP) is 3.15. The number of pyridine rings is 1. The second-order valence-corrected chi connectivity index (χ2v) is 9.27. The summed E-state index contributed by atoms with van der Waals surface area (Å²) in [4.78, 5) is 4.84. The summed E-state index contributed by atoms with van der Waals surface area (Å²) in [7, 11) is -3.73. The highest BCUT2D eigenvalue weighted by Crippen LogP contribution is 2.52. The monoisotopic (exact) mass is 357 g/mol. The van der Waals surface area contributed by atoms with Crippen LogP contribution in [0.4, 0.5) is 5.82 Å². The van der Waals surface area contributed by atoms with Crippen LogP contribution < -0.4 is 5.73 Å². The van der Waals surface area contributed by atoms with Crippen LogP contribution in [-0.4, -0.2) is 24.3 Å². The number of aromatic nitrogens is 1. The van der Waals surface area contributed by atoms with E-state index >= 15 is 0 Å². The molecule has 0 saturated carbocycles. The lowest BCUT2D eigenvalue weighted by molar-refractivity contribution is 0.0222. The Morgan fingerprint density at radius 2 is 2.23 bits per heavy atom. The predicted molar refractivity (Wildman–Crippen MR) is 88.4 cm³/mol. The number of rotatable bonds is 3. The normalized spacial score (nSPS) is 21.5. The summed E-state index contributed by atoms with van der Waals surface area (Å²) in [5.74, 6) is -0.0287. The van der Waals surface area contributed by atoms with Crippen molar-refractivity contribution in [1.82, 2.24) is 9.29 Å². The standard InChI is InChI=1S/C14H16ClN3O2S2/c1-14(2)8-18(12(14)10-4-3-5-21-10)22(19,20)11-6-9(15)7-17-13(11)16/h3-7,12H,8H2,1-2H3,(H2,16,17). The zero-order valence-corrected chi connectivity index (χ0v) is 14.5. The van der Waals surface area contributed by atoms with Crippen LogP contribution in [0.25, 0.3) is 0 Å².